The highest BCUT2D eigenvalue weighted by Crippen LogP contribution is 2.24. The first-order valence-corrected chi connectivity index (χ1v) is 3.75. The van der Waals surface area contributed by atoms with E-state index in [-0.39, 0.29) is 30.8 Å². The van der Waals surface area contributed by atoms with E-state index < -0.39 is 0 Å². The number of aromatic nitrogens is 2. The summed E-state index contributed by atoms with van der Waals surface area (Å²) in [7, 11) is 0. The summed E-state index contributed by atoms with van der Waals surface area (Å²) >= 11 is 0. The molecule has 82 valence electrons. The van der Waals surface area contributed by atoms with Crippen LogP contribution < -0.4 is 17.2 Å². The number of hydrogen-bond donors (Lipinski definition) is 3. The molecule has 0 saturated heterocycles. The summed E-state index contributed by atoms with van der Waals surface area (Å²) in [5.41, 5.74) is 18.0. The summed E-state index contributed by atoms with van der Waals surface area (Å²) in [5.74, 6) is 0.483. The molecule has 0 atom stereocenters. The van der Waals surface area contributed by atoms with Crippen molar-refractivity contribution in [1.29, 1.82) is 0 Å². The Morgan fingerprint density at radius 1 is 0.933 bits per heavy atom. The van der Waals surface area contributed by atoms with E-state index in [1.807, 2.05) is 0 Å². The summed E-state index contributed by atoms with van der Waals surface area (Å²) in [6.45, 7) is 0. The summed E-state index contributed by atoms with van der Waals surface area (Å²) in [6.07, 6.45) is 0. The van der Waals surface area contributed by atoms with Crippen LogP contribution in [0.2, 0.25) is 0 Å². The van der Waals surface area contributed by atoms with Crippen LogP contribution >= 0.6 is 24.8 Å². The van der Waals surface area contributed by atoms with E-state index in [4.69, 9.17) is 17.2 Å². The summed E-state index contributed by atoms with van der Waals surface area (Å²) < 4.78 is 0. The van der Waals surface area contributed by atoms with E-state index in [1.165, 1.54) is 0 Å². The smallest absolute Gasteiger partial charge is 0.222 e. The average Bonchev–Trinajstić information content (AvgIpc) is 2.02. The number of nitrogen functional groups attached to an aromatic ring is 3. The van der Waals surface area contributed by atoms with Crippen molar-refractivity contribution in [3.05, 3.63) is 18.2 Å². The largest absolute Gasteiger partial charge is 0.398 e. The van der Waals surface area contributed by atoms with Crippen LogP contribution in [0.15, 0.2) is 18.2 Å². The molecule has 0 aliphatic carbocycles. The Balaban J connectivity index is 0.000000980. The number of fused-ring (bicyclic) bond motifs is 1. The number of hydrogen-bond acceptors (Lipinski definition) is 5. The lowest BCUT2D eigenvalue weighted by molar-refractivity contribution is 1.25. The Labute approximate surface area is 98.9 Å². The highest BCUT2D eigenvalue weighted by molar-refractivity contribution is 5.98. The lowest BCUT2D eigenvalue weighted by atomic mass is 10.2. The van der Waals surface area contributed by atoms with Crippen molar-refractivity contribution >= 4 is 53.2 Å². The number of nitrogens with zero attached hydrogens (tertiary/aromatic N) is 2. The van der Waals surface area contributed by atoms with E-state index in [0.29, 0.717) is 22.4 Å². The van der Waals surface area contributed by atoms with Gasteiger partial charge in [0.2, 0.25) is 5.95 Å². The van der Waals surface area contributed by atoms with Gasteiger partial charge in [-0.05, 0) is 12.1 Å². The van der Waals surface area contributed by atoms with Crippen molar-refractivity contribution in [3.8, 4) is 0 Å². The van der Waals surface area contributed by atoms with Gasteiger partial charge in [-0.15, -0.1) is 24.8 Å². The van der Waals surface area contributed by atoms with Crippen molar-refractivity contribution in [2.24, 2.45) is 0 Å². The molecule has 0 fully saturated rings. The zero-order valence-corrected chi connectivity index (χ0v) is 9.31. The molecule has 0 radical (unpaired) electrons. The van der Waals surface area contributed by atoms with E-state index in [9.17, 15) is 0 Å². The SMILES string of the molecule is Cl.Cl.Nc1nc(N)c2c(N)cccc2n1. The van der Waals surface area contributed by atoms with Gasteiger partial charge in [-0.2, -0.15) is 4.98 Å². The van der Waals surface area contributed by atoms with E-state index in [2.05, 4.69) is 9.97 Å². The molecule has 0 amide bonds. The second-order valence-electron chi connectivity index (χ2n) is 2.71. The lowest BCUT2D eigenvalue weighted by Crippen LogP contribution is -2.02. The summed E-state index contributed by atoms with van der Waals surface area (Å²) in [6, 6.07) is 5.34. The minimum atomic E-state index is 0. The Morgan fingerprint density at radius 2 is 1.60 bits per heavy atom. The summed E-state index contributed by atoms with van der Waals surface area (Å²) in [4.78, 5) is 7.83. The third-order valence-corrected chi connectivity index (χ3v) is 1.80. The zero-order valence-electron chi connectivity index (χ0n) is 7.68. The summed E-state index contributed by atoms with van der Waals surface area (Å²) in [5, 5.41) is 0.664. The van der Waals surface area contributed by atoms with Gasteiger partial charge in [0.15, 0.2) is 0 Å². The average molecular weight is 248 g/mol. The minimum absolute atomic E-state index is 0. The maximum Gasteiger partial charge on any atom is 0.222 e. The molecule has 6 N–H and O–H groups in total. The zero-order chi connectivity index (χ0) is 9.42. The van der Waals surface area contributed by atoms with Gasteiger partial charge >= 0.3 is 0 Å². The molecule has 1 aromatic heterocycles. The van der Waals surface area contributed by atoms with Gasteiger partial charge in [0.1, 0.15) is 5.82 Å². The van der Waals surface area contributed by atoms with Crippen molar-refractivity contribution in [1.82, 2.24) is 9.97 Å². The molecular formula is C8H11Cl2N5. The Hall–Kier alpha value is -1.46. The van der Waals surface area contributed by atoms with Gasteiger partial charge in [0.05, 0.1) is 10.9 Å². The Kier molecular flexibility index (Phi) is 4.39. The molecule has 0 bridgehead atoms. The van der Waals surface area contributed by atoms with Crippen LogP contribution in [0, 0.1) is 0 Å². The molecule has 0 saturated carbocycles. The third kappa shape index (κ3) is 2.31. The molecular weight excluding hydrogens is 237 g/mol. The van der Waals surface area contributed by atoms with Crippen LogP contribution in [0.25, 0.3) is 10.9 Å². The van der Waals surface area contributed by atoms with Gasteiger partial charge in [-0.1, -0.05) is 6.07 Å². The van der Waals surface area contributed by atoms with Gasteiger partial charge in [-0.3, -0.25) is 0 Å². The monoisotopic (exact) mass is 247 g/mol. The fourth-order valence-corrected chi connectivity index (χ4v) is 1.26. The second kappa shape index (κ2) is 4.86. The molecule has 0 aliphatic heterocycles. The van der Waals surface area contributed by atoms with Crippen molar-refractivity contribution in [2.75, 3.05) is 17.2 Å². The van der Waals surface area contributed by atoms with Crippen LogP contribution in [-0.2, 0) is 0 Å². The molecule has 0 aliphatic rings. The van der Waals surface area contributed by atoms with Gasteiger partial charge < -0.3 is 17.2 Å². The highest BCUT2D eigenvalue weighted by Gasteiger charge is 2.04. The molecule has 1 aromatic carbocycles. The van der Waals surface area contributed by atoms with Crippen LogP contribution in [-0.4, -0.2) is 9.97 Å². The number of benzene rings is 1. The molecule has 5 nitrogen and oxygen atoms in total. The lowest BCUT2D eigenvalue weighted by Gasteiger charge is -2.03. The standard InChI is InChI=1S/C8H9N5.2ClH/c9-4-2-1-3-5-6(4)7(10)13-8(11)12-5;;/h1-3H,9H2,(H4,10,11,12,13);2*1H. The first-order valence-electron chi connectivity index (χ1n) is 3.75. The predicted octanol–water partition coefficient (Wildman–Crippen LogP) is 1.22. The highest BCUT2D eigenvalue weighted by atomic mass is 35.5. The normalized spacial score (nSPS) is 9.07. The maximum atomic E-state index is 5.71. The third-order valence-electron chi connectivity index (χ3n) is 1.80. The Bertz CT molecular complexity index is 474. The molecule has 7 heteroatoms. The Morgan fingerprint density at radius 3 is 2.27 bits per heavy atom. The molecule has 15 heavy (non-hydrogen) atoms. The topological polar surface area (TPSA) is 104 Å². The van der Waals surface area contributed by atoms with Crippen molar-refractivity contribution < 1.29 is 0 Å². The minimum Gasteiger partial charge on any atom is -0.398 e. The fourth-order valence-electron chi connectivity index (χ4n) is 1.26. The maximum absolute atomic E-state index is 5.71. The van der Waals surface area contributed by atoms with E-state index >= 15 is 0 Å². The number of rotatable bonds is 0. The molecule has 2 rings (SSSR count). The molecule has 1 heterocycles. The van der Waals surface area contributed by atoms with E-state index in [1.54, 1.807) is 18.2 Å². The van der Waals surface area contributed by atoms with Gasteiger partial charge in [0.25, 0.3) is 0 Å². The van der Waals surface area contributed by atoms with Crippen molar-refractivity contribution in [3.63, 3.8) is 0 Å². The first kappa shape index (κ1) is 13.5. The van der Waals surface area contributed by atoms with Gasteiger partial charge in [-0.25, -0.2) is 4.98 Å². The fraction of sp³-hybridized carbons (Fsp3) is 0. The quantitative estimate of drug-likeness (QED) is 0.608. The second-order valence-corrected chi connectivity index (χ2v) is 2.71. The number of nitrogens with two attached hydrogens (primary N) is 3. The van der Waals surface area contributed by atoms with Crippen LogP contribution in [0.1, 0.15) is 0 Å². The van der Waals surface area contributed by atoms with E-state index in [0.717, 1.165) is 0 Å². The van der Waals surface area contributed by atoms with Crippen molar-refractivity contribution in [2.45, 2.75) is 0 Å². The molecule has 0 spiro atoms. The predicted molar refractivity (Wildman–Crippen MR) is 67.3 cm³/mol. The number of anilines is 3. The first-order chi connectivity index (χ1) is 6.18. The van der Waals surface area contributed by atoms with Crippen LogP contribution in [0.3, 0.4) is 0 Å². The van der Waals surface area contributed by atoms with Gasteiger partial charge in [0, 0.05) is 5.69 Å². The van der Waals surface area contributed by atoms with Crippen LogP contribution in [0.4, 0.5) is 17.5 Å². The van der Waals surface area contributed by atoms with Crippen LogP contribution in [0.5, 0.6) is 0 Å². The molecule has 2 aromatic rings. The number of halogens is 2. The molecule has 0 unspecified atom stereocenters.